The van der Waals surface area contributed by atoms with Crippen molar-refractivity contribution in [3.05, 3.63) is 113 Å². The number of rotatable bonds is 11. The molecule has 0 bridgehead atoms. The normalized spacial score (nSPS) is 11.4. The molecule has 1 unspecified atom stereocenters. The maximum absolute atomic E-state index is 13.3. The van der Waals surface area contributed by atoms with Crippen molar-refractivity contribution in [2.75, 3.05) is 6.61 Å². The first-order valence-corrected chi connectivity index (χ1v) is 13.2. The fourth-order valence-electron chi connectivity index (χ4n) is 4.41. The van der Waals surface area contributed by atoms with Crippen LogP contribution in [0.1, 0.15) is 65.6 Å². The first kappa shape index (κ1) is 27.3. The maximum atomic E-state index is 13.3. The SMILES string of the molecule is CCCCc1cc(C(=O)NC(C(=O)OCC)c2ccccc2)nn1Cc1ccc(-c2ccccc2C#N)cc1. The summed E-state index contributed by atoms with van der Waals surface area (Å²) >= 11 is 0. The summed E-state index contributed by atoms with van der Waals surface area (Å²) in [6, 6.07) is 27.7. The van der Waals surface area contributed by atoms with Gasteiger partial charge in [0.15, 0.2) is 6.04 Å². The molecule has 0 saturated heterocycles. The number of aryl methyl sites for hydroxylation is 1. The zero-order valence-electron chi connectivity index (χ0n) is 22.3. The van der Waals surface area contributed by atoms with E-state index in [9.17, 15) is 14.9 Å². The minimum Gasteiger partial charge on any atom is -0.464 e. The van der Waals surface area contributed by atoms with E-state index in [1.54, 1.807) is 25.1 Å². The van der Waals surface area contributed by atoms with Crippen molar-refractivity contribution >= 4 is 11.9 Å². The molecule has 0 aliphatic carbocycles. The fraction of sp³-hybridized carbons (Fsp3) is 0.250. The van der Waals surface area contributed by atoms with Gasteiger partial charge in [-0.15, -0.1) is 0 Å². The summed E-state index contributed by atoms with van der Waals surface area (Å²) in [5.41, 5.74) is 5.37. The molecule has 1 aromatic heterocycles. The highest BCUT2D eigenvalue weighted by atomic mass is 16.5. The van der Waals surface area contributed by atoms with E-state index >= 15 is 0 Å². The number of carbonyl (C=O) groups is 2. The molecule has 0 aliphatic heterocycles. The van der Waals surface area contributed by atoms with Crippen molar-refractivity contribution in [3.63, 3.8) is 0 Å². The Morgan fingerprint density at radius 1 is 1.00 bits per heavy atom. The van der Waals surface area contributed by atoms with Crippen LogP contribution in [0, 0.1) is 11.3 Å². The summed E-state index contributed by atoms with van der Waals surface area (Å²) in [6.07, 6.45) is 2.76. The average Bonchev–Trinajstić information content (AvgIpc) is 3.38. The second-order valence-corrected chi connectivity index (χ2v) is 9.21. The van der Waals surface area contributed by atoms with Gasteiger partial charge in [0, 0.05) is 5.69 Å². The van der Waals surface area contributed by atoms with Crippen molar-refractivity contribution in [1.82, 2.24) is 15.1 Å². The summed E-state index contributed by atoms with van der Waals surface area (Å²) in [6.45, 7) is 4.56. The number of carbonyl (C=O) groups excluding carboxylic acids is 2. The molecule has 0 spiro atoms. The topological polar surface area (TPSA) is 97.0 Å². The van der Waals surface area contributed by atoms with Crippen LogP contribution in [0.15, 0.2) is 84.9 Å². The number of hydrogen-bond acceptors (Lipinski definition) is 5. The molecule has 1 N–H and O–H groups in total. The van der Waals surface area contributed by atoms with Gasteiger partial charge in [0.25, 0.3) is 5.91 Å². The van der Waals surface area contributed by atoms with Gasteiger partial charge in [-0.25, -0.2) is 4.79 Å². The standard InChI is InChI=1S/C32H32N4O3/c1-3-5-14-27-20-29(31(37)34-30(32(38)39-4-2)25-11-7-6-8-12-25)35-36(27)22-23-16-18-24(19-17-23)28-15-10-9-13-26(28)21-33/h6-13,15-20,30H,3-5,14,22H2,1-2H3,(H,34,37). The van der Waals surface area contributed by atoms with E-state index in [1.807, 2.05) is 71.4 Å². The predicted octanol–water partition coefficient (Wildman–Crippen LogP) is 5.85. The van der Waals surface area contributed by atoms with Gasteiger partial charge in [-0.2, -0.15) is 10.4 Å². The van der Waals surface area contributed by atoms with Crippen molar-refractivity contribution < 1.29 is 14.3 Å². The van der Waals surface area contributed by atoms with Crippen molar-refractivity contribution in [2.24, 2.45) is 0 Å². The van der Waals surface area contributed by atoms with Crippen molar-refractivity contribution in [1.29, 1.82) is 5.26 Å². The molecule has 198 valence electrons. The van der Waals surface area contributed by atoms with Gasteiger partial charge in [-0.1, -0.05) is 86.1 Å². The molecule has 1 atom stereocenters. The van der Waals surface area contributed by atoms with Gasteiger partial charge in [0.05, 0.1) is 24.8 Å². The highest BCUT2D eigenvalue weighted by molar-refractivity contribution is 5.95. The zero-order chi connectivity index (χ0) is 27.6. The highest BCUT2D eigenvalue weighted by Crippen LogP contribution is 2.24. The molecule has 7 heteroatoms. The van der Waals surface area contributed by atoms with Crippen LogP contribution in [-0.2, 0) is 22.5 Å². The van der Waals surface area contributed by atoms with Crippen LogP contribution in [0.3, 0.4) is 0 Å². The van der Waals surface area contributed by atoms with E-state index in [0.717, 1.165) is 41.6 Å². The highest BCUT2D eigenvalue weighted by Gasteiger charge is 2.26. The number of unbranched alkanes of at least 4 members (excludes halogenated alkanes) is 1. The Bertz CT molecular complexity index is 1450. The average molecular weight is 521 g/mol. The molecule has 0 saturated carbocycles. The molecule has 39 heavy (non-hydrogen) atoms. The third kappa shape index (κ3) is 6.79. The Balaban J connectivity index is 1.56. The van der Waals surface area contributed by atoms with Crippen molar-refractivity contribution in [3.8, 4) is 17.2 Å². The largest absolute Gasteiger partial charge is 0.464 e. The molecular weight excluding hydrogens is 488 g/mol. The Morgan fingerprint density at radius 3 is 2.41 bits per heavy atom. The first-order chi connectivity index (χ1) is 19.0. The molecular formula is C32H32N4O3. The van der Waals surface area contributed by atoms with E-state index in [-0.39, 0.29) is 12.3 Å². The van der Waals surface area contributed by atoms with E-state index in [1.165, 1.54) is 0 Å². The molecule has 4 rings (SSSR count). The Hall–Kier alpha value is -4.70. The third-order valence-corrected chi connectivity index (χ3v) is 6.46. The second kappa shape index (κ2) is 13.2. The Morgan fingerprint density at radius 2 is 1.72 bits per heavy atom. The van der Waals surface area contributed by atoms with Crippen LogP contribution in [0.2, 0.25) is 0 Å². The molecule has 0 aliphatic rings. The monoisotopic (exact) mass is 520 g/mol. The maximum Gasteiger partial charge on any atom is 0.333 e. The lowest BCUT2D eigenvalue weighted by Gasteiger charge is -2.17. The smallest absolute Gasteiger partial charge is 0.333 e. The summed E-state index contributed by atoms with van der Waals surface area (Å²) < 4.78 is 7.07. The van der Waals surface area contributed by atoms with E-state index in [0.29, 0.717) is 17.7 Å². The van der Waals surface area contributed by atoms with Crippen LogP contribution < -0.4 is 5.32 Å². The van der Waals surface area contributed by atoms with E-state index in [4.69, 9.17) is 4.74 Å². The number of nitrogens with one attached hydrogen (secondary N) is 1. The van der Waals surface area contributed by atoms with Crippen LogP contribution >= 0.6 is 0 Å². The van der Waals surface area contributed by atoms with Gasteiger partial charge in [-0.3, -0.25) is 9.48 Å². The van der Waals surface area contributed by atoms with Crippen LogP contribution in [0.25, 0.3) is 11.1 Å². The van der Waals surface area contributed by atoms with Gasteiger partial charge < -0.3 is 10.1 Å². The molecule has 1 heterocycles. The lowest BCUT2D eigenvalue weighted by atomic mass is 9.99. The van der Waals surface area contributed by atoms with Crippen LogP contribution in [0.5, 0.6) is 0 Å². The lowest BCUT2D eigenvalue weighted by molar-refractivity contribution is -0.145. The van der Waals surface area contributed by atoms with Gasteiger partial charge in [-0.05, 0) is 54.2 Å². The number of hydrogen-bond donors (Lipinski definition) is 1. The zero-order valence-corrected chi connectivity index (χ0v) is 22.3. The van der Waals surface area contributed by atoms with Gasteiger partial charge >= 0.3 is 5.97 Å². The number of esters is 1. The molecule has 0 fully saturated rings. The van der Waals surface area contributed by atoms with Crippen LogP contribution in [-0.4, -0.2) is 28.3 Å². The summed E-state index contributed by atoms with van der Waals surface area (Å²) in [5, 5.41) is 16.9. The Kier molecular flexibility index (Phi) is 9.25. The number of ether oxygens (including phenoxy) is 1. The number of aromatic nitrogens is 2. The summed E-state index contributed by atoms with van der Waals surface area (Å²) in [5.74, 6) is -0.947. The minimum absolute atomic E-state index is 0.217. The minimum atomic E-state index is -0.924. The van der Waals surface area contributed by atoms with Gasteiger partial charge in [0.2, 0.25) is 0 Å². The number of nitrogens with zero attached hydrogens (tertiary/aromatic N) is 3. The summed E-state index contributed by atoms with van der Waals surface area (Å²) in [4.78, 5) is 25.9. The molecule has 7 nitrogen and oxygen atoms in total. The lowest BCUT2D eigenvalue weighted by Crippen LogP contribution is -2.35. The molecule has 3 aromatic carbocycles. The van der Waals surface area contributed by atoms with E-state index < -0.39 is 17.9 Å². The van der Waals surface area contributed by atoms with Crippen molar-refractivity contribution in [2.45, 2.75) is 45.7 Å². The number of benzene rings is 3. The summed E-state index contributed by atoms with van der Waals surface area (Å²) in [7, 11) is 0. The first-order valence-electron chi connectivity index (χ1n) is 13.2. The second-order valence-electron chi connectivity index (χ2n) is 9.21. The fourth-order valence-corrected chi connectivity index (χ4v) is 4.41. The number of amides is 1. The predicted molar refractivity (Wildman–Crippen MR) is 150 cm³/mol. The Labute approximate surface area is 229 Å². The molecule has 0 radical (unpaired) electrons. The third-order valence-electron chi connectivity index (χ3n) is 6.46. The van der Waals surface area contributed by atoms with Gasteiger partial charge in [0.1, 0.15) is 5.69 Å². The van der Waals surface area contributed by atoms with E-state index in [2.05, 4.69) is 23.4 Å². The quantitative estimate of drug-likeness (QED) is 0.250. The molecule has 4 aromatic rings. The number of nitriles is 1. The van der Waals surface area contributed by atoms with Crippen LogP contribution in [0.4, 0.5) is 0 Å². The molecule has 1 amide bonds.